The fraction of sp³-hybridized carbons (Fsp3) is 0.267. The number of hydrogen-bond acceptors (Lipinski definition) is 2. The summed E-state index contributed by atoms with van der Waals surface area (Å²) >= 11 is 7.74. The van der Waals surface area contributed by atoms with Crippen molar-refractivity contribution in [2.75, 3.05) is 6.54 Å². The first kappa shape index (κ1) is 12.7. The van der Waals surface area contributed by atoms with Gasteiger partial charge in [0.2, 0.25) is 0 Å². The molecule has 2 heterocycles. The predicted molar refractivity (Wildman–Crippen MR) is 78.9 cm³/mol. The molecule has 1 aliphatic heterocycles. The first-order chi connectivity index (χ1) is 9.16. The first-order valence-electron chi connectivity index (χ1n) is 6.29. The zero-order chi connectivity index (χ0) is 13.4. The van der Waals surface area contributed by atoms with Crippen LogP contribution in [-0.4, -0.2) is 17.4 Å². The maximum absolute atomic E-state index is 12.6. The van der Waals surface area contributed by atoms with Gasteiger partial charge in [-0.15, -0.1) is 11.3 Å². The standard InChI is InChI=1S/C15H14ClNOS/c1-10-13-6-8-19-14(13)5-7-17(10)15(18)11-3-2-4-12(16)9-11/h2-4,6,8-10H,5,7H2,1H3. The monoisotopic (exact) mass is 291 g/mol. The van der Waals surface area contributed by atoms with E-state index in [1.54, 1.807) is 23.5 Å². The summed E-state index contributed by atoms with van der Waals surface area (Å²) in [5.41, 5.74) is 1.95. The van der Waals surface area contributed by atoms with E-state index in [4.69, 9.17) is 11.6 Å². The molecular formula is C15H14ClNOS. The number of fused-ring (bicyclic) bond motifs is 1. The van der Waals surface area contributed by atoms with Crippen LogP contribution >= 0.6 is 22.9 Å². The van der Waals surface area contributed by atoms with Gasteiger partial charge in [0, 0.05) is 22.0 Å². The van der Waals surface area contributed by atoms with Crippen molar-refractivity contribution >= 4 is 28.8 Å². The molecule has 1 atom stereocenters. The number of halogens is 1. The van der Waals surface area contributed by atoms with E-state index in [1.807, 2.05) is 17.0 Å². The smallest absolute Gasteiger partial charge is 0.254 e. The molecule has 0 N–H and O–H groups in total. The van der Waals surface area contributed by atoms with Crippen LogP contribution in [0.1, 0.15) is 33.8 Å². The average molecular weight is 292 g/mol. The summed E-state index contributed by atoms with van der Waals surface area (Å²) in [4.78, 5) is 15.9. The van der Waals surface area contributed by atoms with Crippen LogP contribution in [0.2, 0.25) is 5.02 Å². The molecule has 0 bridgehead atoms. The number of carbonyl (C=O) groups is 1. The first-order valence-corrected chi connectivity index (χ1v) is 7.55. The quantitative estimate of drug-likeness (QED) is 0.772. The van der Waals surface area contributed by atoms with Crippen molar-refractivity contribution in [3.8, 4) is 0 Å². The number of benzene rings is 1. The zero-order valence-electron chi connectivity index (χ0n) is 10.6. The van der Waals surface area contributed by atoms with Gasteiger partial charge in [0.1, 0.15) is 0 Å². The highest BCUT2D eigenvalue weighted by atomic mass is 35.5. The Balaban J connectivity index is 1.90. The molecule has 1 unspecified atom stereocenters. The van der Waals surface area contributed by atoms with Crippen molar-refractivity contribution in [3.05, 3.63) is 56.7 Å². The van der Waals surface area contributed by atoms with Gasteiger partial charge in [-0.3, -0.25) is 4.79 Å². The Morgan fingerprint density at radius 3 is 3.05 bits per heavy atom. The van der Waals surface area contributed by atoms with Crippen molar-refractivity contribution in [1.82, 2.24) is 4.90 Å². The van der Waals surface area contributed by atoms with Gasteiger partial charge in [0.25, 0.3) is 5.91 Å². The molecule has 0 spiro atoms. The Bertz CT molecular complexity index is 622. The summed E-state index contributed by atoms with van der Waals surface area (Å²) in [5.74, 6) is 0.0619. The minimum absolute atomic E-state index is 0.0619. The molecule has 0 aliphatic carbocycles. The van der Waals surface area contributed by atoms with Crippen molar-refractivity contribution in [2.24, 2.45) is 0 Å². The highest BCUT2D eigenvalue weighted by molar-refractivity contribution is 7.10. The molecule has 1 aliphatic rings. The van der Waals surface area contributed by atoms with Crippen LogP contribution in [0.15, 0.2) is 35.7 Å². The van der Waals surface area contributed by atoms with Crippen LogP contribution in [0.3, 0.4) is 0 Å². The lowest BCUT2D eigenvalue weighted by atomic mass is 10.0. The summed E-state index contributed by atoms with van der Waals surface area (Å²) in [5, 5.41) is 2.71. The van der Waals surface area contributed by atoms with Gasteiger partial charge in [0.15, 0.2) is 0 Å². The number of rotatable bonds is 1. The minimum atomic E-state index is 0.0619. The molecule has 2 nitrogen and oxygen atoms in total. The van der Waals surface area contributed by atoms with Gasteiger partial charge in [-0.05, 0) is 48.6 Å². The van der Waals surface area contributed by atoms with Crippen LogP contribution in [-0.2, 0) is 6.42 Å². The topological polar surface area (TPSA) is 20.3 Å². The van der Waals surface area contributed by atoms with Crippen molar-refractivity contribution in [1.29, 1.82) is 0 Å². The second kappa shape index (κ2) is 4.99. The van der Waals surface area contributed by atoms with Gasteiger partial charge < -0.3 is 4.90 Å². The molecule has 1 amide bonds. The summed E-state index contributed by atoms with van der Waals surface area (Å²) in [6.07, 6.45) is 0.948. The van der Waals surface area contributed by atoms with Gasteiger partial charge in [-0.1, -0.05) is 17.7 Å². The Hall–Kier alpha value is -1.32. The number of carbonyl (C=O) groups excluding carboxylic acids is 1. The fourth-order valence-electron chi connectivity index (χ4n) is 2.57. The molecule has 2 aromatic rings. The van der Waals surface area contributed by atoms with E-state index >= 15 is 0 Å². The summed E-state index contributed by atoms with van der Waals surface area (Å²) in [6, 6.07) is 9.43. The van der Waals surface area contributed by atoms with Crippen LogP contribution in [0.25, 0.3) is 0 Å². The Labute approximate surface area is 121 Å². The molecule has 3 rings (SSSR count). The average Bonchev–Trinajstić information content (AvgIpc) is 2.88. The second-order valence-corrected chi connectivity index (χ2v) is 6.17. The number of hydrogen-bond donors (Lipinski definition) is 0. The van der Waals surface area contributed by atoms with E-state index in [9.17, 15) is 4.79 Å². The summed E-state index contributed by atoms with van der Waals surface area (Å²) < 4.78 is 0. The van der Waals surface area contributed by atoms with Crippen LogP contribution < -0.4 is 0 Å². The Morgan fingerprint density at radius 2 is 2.26 bits per heavy atom. The maximum Gasteiger partial charge on any atom is 0.254 e. The molecule has 1 aromatic heterocycles. The summed E-state index contributed by atoms with van der Waals surface area (Å²) in [6.45, 7) is 2.87. The van der Waals surface area contributed by atoms with Crippen molar-refractivity contribution < 1.29 is 4.79 Å². The molecule has 4 heteroatoms. The molecule has 0 saturated carbocycles. The third-order valence-electron chi connectivity index (χ3n) is 3.61. The maximum atomic E-state index is 12.6. The van der Waals surface area contributed by atoms with E-state index in [1.165, 1.54) is 10.4 Å². The normalized spacial score (nSPS) is 18.2. The molecule has 98 valence electrons. The molecule has 0 saturated heterocycles. The highest BCUT2D eigenvalue weighted by Crippen LogP contribution is 2.33. The SMILES string of the molecule is CC1c2ccsc2CCN1C(=O)c1cccc(Cl)c1. The number of nitrogens with zero attached hydrogens (tertiary/aromatic N) is 1. The molecular weight excluding hydrogens is 278 g/mol. The van der Waals surface area contributed by atoms with E-state index in [0.717, 1.165) is 13.0 Å². The zero-order valence-corrected chi connectivity index (χ0v) is 12.2. The molecule has 0 radical (unpaired) electrons. The lowest BCUT2D eigenvalue weighted by molar-refractivity contribution is 0.0679. The number of amides is 1. The van der Waals surface area contributed by atoms with Crippen LogP contribution in [0.4, 0.5) is 0 Å². The van der Waals surface area contributed by atoms with Crippen molar-refractivity contribution in [3.63, 3.8) is 0 Å². The minimum Gasteiger partial charge on any atom is -0.331 e. The van der Waals surface area contributed by atoms with Gasteiger partial charge in [-0.2, -0.15) is 0 Å². The highest BCUT2D eigenvalue weighted by Gasteiger charge is 2.28. The van der Waals surface area contributed by atoms with Crippen LogP contribution in [0, 0.1) is 0 Å². The third-order valence-corrected chi connectivity index (χ3v) is 4.84. The van der Waals surface area contributed by atoms with Crippen LogP contribution in [0.5, 0.6) is 0 Å². The number of thiophene rings is 1. The molecule has 19 heavy (non-hydrogen) atoms. The van der Waals surface area contributed by atoms with E-state index < -0.39 is 0 Å². The fourth-order valence-corrected chi connectivity index (χ4v) is 3.73. The molecule has 1 aromatic carbocycles. The molecule has 0 fully saturated rings. The Kier molecular flexibility index (Phi) is 3.33. The summed E-state index contributed by atoms with van der Waals surface area (Å²) in [7, 11) is 0. The third kappa shape index (κ3) is 2.28. The predicted octanol–water partition coefficient (Wildman–Crippen LogP) is 4.16. The van der Waals surface area contributed by atoms with E-state index in [-0.39, 0.29) is 11.9 Å². The van der Waals surface area contributed by atoms with Gasteiger partial charge in [0.05, 0.1) is 6.04 Å². The Morgan fingerprint density at radius 1 is 1.42 bits per heavy atom. The largest absolute Gasteiger partial charge is 0.331 e. The lowest BCUT2D eigenvalue weighted by Crippen LogP contribution is -2.38. The van der Waals surface area contributed by atoms with Crippen molar-refractivity contribution in [2.45, 2.75) is 19.4 Å². The van der Waals surface area contributed by atoms with E-state index in [2.05, 4.69) is 18.4 Å². The van der Waals surface area contributed by atoms with Gasteiger partial charge >= 0.3 is 0 Å². The van der Waals surface area contributed by atoms with Gasteiger partial charge in [-0.25, -0.2) is 0 Å². The van der Waals surface area contributed by atoms with E-state index in [0.29, 0.717) is 10.6 Å². The second-order valence-electron chi connectivity index (χ2n) is 4.73. The lowest BCUT2D eigenvalue weighted by Gasteiger charge is -2.33.